The Hall–Kier alpha value is -2.10. The van der Waals surface area contributed by atoms with E-state index >= 15 is 0 Å². The highest BCUT2D eigenvalue weighted by Crippen LogP contribution is 2.17. The van der Waals surface area contributed by atoms with Crippen molar-refractivity contribution in [3.63, 3.8) is 0 Å². The van der Waals surface area contributed by atoms with Crippen molar-refractivity contribution in [1.29, 1.82) is 0 Å². The van der Waals surface area contributed by atoms with Gasteiger partial charge < -0.3 is 4.57 Å². The fraction of sp³-hybridized carbons (Fsp3) is 0.167. The van der Waals surface area contributed by atoms with Gasteiger partial charge in [-0.3, -0.25) is 4.98 Å². The lowest BCUT2D eigenvalue weighted by Gasteiger charge is -1.94. The van der Waals surface area contributed by atoms with Crippen molar-refractivity contribution in [3.05, 3.63) is 42.9 Å². The fourth-order valence-electron chi connectivity index (χ4n) is 1.84. The molecule has 3 aromatic heterocycles. The second-order valence-corrected chi connectivity index (χ2v) is 3.63. The molecule has 0 amide bonds. The molecule has 3 rings (SSSR count). The van der Waals surface area contributed by atoms with E-state index in [-0.39, 0.29) is 0 Å². The molecule has 0 unspecified atom stereocenters. The first-order valence-electron chi connectivity index (χ1n) is 5.34. The van der Waals surface area contributed by atoms with Crippen LogP contribution in [0.2, 0.25) is 0 Å². The molecule has 0 aliphatic heterocycles. The number of aromatic nitrogens is 4. The number of nitrogens with zero attached hydrogens (tertiary/aromatic N) is 4. The molecule has 3 aromatic rings. The van der Waals surface area contributed by atoms with Gasteiger partial charge in [0.2, 0.25) is 0 Å². The van der Waals surface area contributed by atoms with E-state index in [0.717, 1.165) is 23.6 Å². The van der Waals surface area contributed by atoms with Crippen molar-refractivity contribution in [3.8, 4) is 11.4 Å². The van der Waals surface area contributed by atoms with Gasteiger partial charge in [0.05, 0.1) is 5.69 Å². The average Bonchev–Trinajstić information content (AvgIpc) is 2.89. The van der Waals surface area contributed by atoms with Gasteiger partial charge in [-0.15, -0.1) is 0 Å². The maximum Gasteiger partial charge on any atom is 0.136 e. The van der Waals surface area contributed by atoms with Crippen LogP contribution in [0.1, 0.15) is 6.92 Å². The summed E-state index contributed by atoms with van der Waals surface area (Å²) in [5, 5.41) is 4.48. The SMILES string of the molecule is CCn1ccn2nc(-c3ccccn3)cc12. The minimum Gasteiger partial charge on any atom is -0.332 e. The smallest absolute Gasteiger partial charge is 0.136 e. The third-order valence-electron chi connectivity index (χ3n) is 2.67. The molecule has 0 spiro atoms. The number of hydrogen-bond donors (Lipinski definition) is 0. The second kappa shape index (κ2) is 3.48. The van der Waals surface area contributed by atoms with E-state index in [1.54, 1.807) is 6.20 Å². The molecule has 4 nitrogen and oxygen atoms in total. The fourth-order valence-corrected chi connectivity index (χ4v) is 1.84. The number of rotatable bonds is 2. The number of aryl methyl sites for hydroxylation is 1. The van der Waals surface area contributed by atoms with E-state index in [0.29, 0.717) is 0 Å². The first-order chi connectivity index (χ1) is 7.88. The molecule has 0 aromatic carbocycles. The minimum absolute atomic E-state index is 0.911. The van der Waals surface area contributed by atoms with Crippen LogP contribution < -0.4 is 0 Å². The molecule has 0 saturated carbocycles. The molecule has 0 atom stereocenters. The summed E-state index contributed by atoms with van der Waals surface area (Å²) in [7, 11) is 0. The lowest BCUT2D eigenvalue weighted by atomic mass is 10.3. The van der Waals surface area contributed by atoms with Crippen LogP contribution in [0.25, 0.3) is 17.0 Å². The van der Waals surface area contributed by atoms with Crippen molar-refractivity contribution >= 4 is 5.65 Å². The predicted molar refractivity (Wildman–Crippen MR) is 62.1 cm³/mol. The molecular formula is C12H12N4. The summed E-state index contributed by atoms with van der Waals surface area (Å²) >= 11 is 0. The molecule has 3 heterocycles. The lowest BCUT2D eigenvalue weighted by molar-refractivity contribution is 0.789. The van der Waals surface area contributed by atoms with Crippen molar-refractivity contribution in [2.45, 2.75) is 13.5 Å². The highest BCUT2D eigenvalue weighted by molar-refractivity contribution is 5.60. The summed E-state index contributed by atoms with van der Waals surface area (Å²) in [6, 6.07) is 7.91. The lowest BCUT2D eigenvalue weighted by Crippen LogP contribution is -1.90. The minimum atomic E-state index is 0.911. The zero-order valence-electron chi connectivity index (χ0n) is 9.04. The van der Waals surface area contributed by atoms with Gasteiger partial charge in [-0.25, -0.2) is 4.52 Å². The second-order valence-electron chi connectivity index (χ2n) is 3.63. The Balaban J connectivity index is 2.16. The molecule has 0 aliphatic rings. The van der Waals surface area contributed by atoms with Gasteiger partial charge in [0.25, 0.3) is 0 Å². The van der Waals surface area contributed by atoms with Crippen LogP contribution in [0, 0.1) is 0 Å². The van der Waals surface area contributed by atoms with Crippen LogP contribution in [-0.2, 0) is 6.54 Å². The average molecular weight is 212 g/mol. The van der Waals surface area contributed by atoms with Crippen molar-refractivity contribution < 1.29 is 0 Å². The summed E-state index contributed by atoms with van der Waals surface area (Å²) in [4.78, 5) is 4.29. The Morgan fingerprint density at radius 1 is 1.19 bits per heavy atom. The third-order valence-corrected chi connectivity index (χ3v) is 2.67. The Kier molecular flexibility index (Phi) is 1.99. The highest BCUT2D eigenvalue weighted by Gasteiger charge is 2.07. The molecule has 0 fully saturated rings. The first-order valence-corrected chi connectivity index (χ1v) is 5.34. The summed E-state index contributed by atoms with van der Waals surface area (Å²) in [5.74, 6) is 0. The van der Waals surface area contributed by atoms with Gasteiger partial charge in [0.1, 0.15) is 11.3 Å². The monoisotopic (exact) mass is 212 g/mol. The number of fused-ring (bicyclic) bond motifs is 1. The Bertz CT molecular complexity index is 606. The van der Waals surface area contributed by atoms with Crippen LogP contribution in [0.5, 0.6) is 0 Å². The van der Waals surface area contributed by atoms with Crippen LogP contribution in [-0.4, -0.2) is 19.2 Å². The zero-order chi connectivity index (χ0) is 11.0. The topological polar surface area (TPSA) is 35.1 Å². The largest absolute Gasteiger partial charge is 0.332 e. The van der Waals surface area contributed by atoms with Crippen LogP contribution in [0.4, 0.5) is 0 Å². The third kappa shape index (κ3) is 1.31. The molecule has 16 heavy (non-hydrogen) atoms. The van der Waals surface area contributed by atoms with E-state index in [1.165, 1.54) is 0 Å². The Morgan fingerprint density at radius 3 is 2.88 bits per heavy atom. The standard InChI is InChI=1S/C12H12N4/c1-2-15-7-8-16-12(15)9-11(14-16)10-5-3-4-6-13-10/h3-9H,2H2,1H3. The van der Waals surface area contributed by atoms with E-state index in [2.05, 4.69) is 27.6 Å². The van der Waals surface area contributed by atoms with E-state index in [1.807, 2.05) is 35.1 Å². The molecule has 0 aliphatic carbocycles. The van der Waals surface area contributed by atoms with Crippen LogP contribution in [0.15, 0.2) is 42.9 Å². The Labute approximate surface area is 93.2 Å². The predicted octanol–water partition coefficient (Wildman–Crippen LogP) is 2.22. The van der Waals surface area contributed by atoms with Crippen LogP contribution in [0.3, 0.4) is 0 Å². The number of hydrogen-bond acceptors (Lipinski definition) is 2. The normalized spacial score (nSPS) is 11.1. The molecule has 4 heteroatoms. The Morgan fingerprint density at radius 2 is 2.12 bits per heavy atom. The van der Waals surface area contributed by atoms with Crippen molar-refractivity contribution in [1.82, 2.24) is 19.2 Å². The highest BCUT2D eigenvalue weighted by atomic mass is 15.3. The molecule has 0 saturated heterocycles. The number of pyridine rings is 1. The van der Waals surface area contributed by atoms with Gasteiger partial charge in [0.15, 0.2) is 0 Å². The van der Waals surface area contributed by atoms with E-state index in [9.17, 15) is 0 Å². The molecule has 0 bridgehead atoms. The summed E-state index contributed by atoms with van der Waals surface area (Å²) in [6.45, 7) is 3.07. The van der Waals surface area contributed by atoms with Gasteiger partial charge in [0, 0.05) is 31.2 Å². The molecule has 0 N–H and O–H groups in total. The summed E-state index contributed by atoms with van der Waals surface area (Å²) < 4.78 is 4.03. The maximum atomic E-state index is 4.48. The zero-order valence-corrected chi connectivity index (χ0v) is 9.04. The number of imidazole rings is 1. The van der Waals surface area contributed by atoms with Gasteiger partial charge in [-0.1, -0.05) is 6.07 Å². The quantitative estimate of drug-likeness (QED) is 0.653. The van der Waals surface area contributed by atoms with Gasteiger partial charge in [-0.05, 0) is 19.1 Å². The molecule has 80 valence electrons. The summed E-state index contributed by atoms with van der Waals surface area (Å²) in [5.41, 5.74) is 2.93. The molecular weight excluding hydrogens is 200 g/mol. The summed E-state index contributed by atoms with van der Waals surface area (Å²) in [6.07, 6.45) is 5.78. The van der Waals surface area contributed by atoms with Crippen molar-refractivity contribution in [2.24, 2.45) is 0 Å². The first kappa shape index (κ1) is 9.15. The van der Waals surface area contributed by atoms with E-state index in [4.69, 9.17) is 0 Å². The van der Waals surface area contributed by atoms with Crippen molar-refractivity contribution in [2.75, 3.05) is 0 Å². The van der Waals surface area contributed by atoms with E-state index < -0.39 is 0 Å². The maximum absolute atomic E-state index is 4.48. The van der Waals surface area contributed by atoms with Gasteiger partial charge in [-0.2, -0.15) is 5.10 Å². The van der Waals surface area contributed by atoms with Crippen LogP contribution >= 0.6 is 0 Å². The molecule has 0 radical (unpaired) electrons. The van der Waals surface area contributed by atoms with Gasteiger partial charge >= 0.3 is 0 Å².